The molecule has 2 aromatic rings. The van der Waals surface area contributed by atoms with Crippen molar-refractivity contribution in [3.05, 3.63) is 53.6 Å². The highest BCUT2D eigenvalue weighted by atomic mass is 16.5. The number of nitrogens with zero attached hydrogens (tertiary/aromatic N) is 1. The highest BCUT2D eigenvalue weighted by Gasteiger charge is 2.16. The topological polar surface area (TPSA) is 91.2 Å². The lowest BCUT2D eigenvalue weighted by atomic mass is 10.2. The first-order chi connectivity index (χ1) is 11.0. The Labute approximate surface area is 133 Å². The van der Waals surface area contributed by atoms with Gasteiger partial charge in [-0.15, -0.1) is 0 Å². The van der Waals surface area contributed by atoms with Gasteiger partial charge in [-0.05, 0) is 48.9 Å². The van der Waals surface area contributed by atoms with E-state index in [1.165, 1.54) is 7.11 Å². The minimum atomic E-state index is -0.807. The first-order valence-corrected chi connectivity index (χ1v) is 6.80. The zero-order chi connectivity index (χ0) is 16.8. The first-order valence-electron chi connectivity index (χ1n) is 6.80. The average molecular weight is 309 g/mol. The molecule has 2 rings (SSSR count). The fourth-order valence-corrected chi connectivity index (χ4v) is 1.91. The SMILES string of the molecule is COc1ccc(C)cc1NC(=O)C(=O)Nc1ccc(C#N)cc1. The van der Waals surface area contributed by atoms with Crippen molar-refractivity contribution in [2.24, 2.45) is 0 Å². The number of nitriles is 1. The van der Waals surface area contributed by atoms with E-state index in [0.29, 0.717) is 22.7 Å². The van der Waals surface area contributed by atoms with Gasteiger partial charge in [0, 0.05) is 5.69 Å². The van der Waals surface area contributed by atoms with Gasteiger partial charge in [0.15, 0.2) is 0 Å². The van der Waals surface area contributed by atoms with Gasteiger partial charge in [-0.1, -0.05) is 6.07 Å². The largest absolute Gasteiger partial charge is 0.495 e. The van der Waals surface area contributed by atoms with Crippen molar-refractivity contribution < 1.29 is 14.3 Å². The van der Waals surface area contributed by atoms with Crippen LogP contribution in [-0.2, 0) is 9.59 Å². The van der Waals surface area contributed by atoms with Gasteiger partial charge in [0.05, 0.1) is 24.4 Å². The van der Waals surface area contributed by atoms with Gasteiger partial charge in [0.25, 0.3) is 0 Å². The zero-order valence-corrected chi connectivity index (χ0v) is 12.7. The Bertz CT molecular complexity index is 777. The van der Waals surface area contributed by atoms with Crippen LogP contribution in [0.4, 0.5) is 11.4 Å². The number of anilines is 2. The molecule has 0 aromatic heterocycles. The number of amides is 2. The monoisotopic (exact) mass is 309 g/mol. The van der Waals surface area contributed by atoms with Gasteiger partial charge in [0.1, 0.15) is 5.75 Å². The van der Waals surface area contributed by atoms with Crippen LogP contribution in [0.5, 0.6) is 5.75 Å². The second kappa shape index (κ2) is 7.09. The number of hydrogen-bond donors (Lipinski definition) is 2. The molecule has 0 saturated heterocycles. The minimum absolute atomic E-state index is 0.424. The van der Waals surface area contributed by atoms with Crippen LogP contribution in [-0.4, -0.2) is 18.9 Å². The summed E-state index contributed by atoms with van der Waals surface area (Å²) in [5, 5.41) is 13.7. The molecule has 0 aliphatic rings. The Morgan fingerprint density at radius 3 is 2.30 bits per heavy atom. The summed E-state index contributed by atoms with van der Waals surface area (Å²) in [6.07, 6.45) is 0. The van der Waals surface area contributed by atoms with Crippen molar-refractivity contribution in [2.75, 3.05) is 17.7 Å². The van der Waals surface area contributed by atoms with Gasteiger partial charge in [-0.2, -0.15) is 5.26 Å². The summed E-state index contributed by atoms with van der Waals surface area (Å²) in [6.45, 7) is 1.87. The van der Waals surface area contributed by atoms with E-state index in [1.54, 1.807) is 36.4 Å². The molecule has 0 aliphatic heterocycles. The Kier molecular flexibility index (Phi) is 4.95. The van der Waals surface area contributed by atoms with E-state index < -0.39 is 11.8 Å². The zero-order valence-electron chi connectivity index (χ0n) is 12.7. The van der Waals surface area contributed by atoms with Crippen LogP contribution >= 0.6 is 0 Å². The summed E-state index contributed by atoms with van der Waals surface area (Å²) in [7, 11) is 1.48. The first kappa shape index (κ1) is 16.0. The van der Waals surface area contributed by atoms with Gasteiger partial charge >= 0.3 is 11.8 Å². The number of carbonyl (C=O) groups is 2. The van der Waals surface area contributed by atoms with Crippen LogP contribution in [0.15, 0.2) is 42.5 Å². The van der Waals surface area contributed by atoms with E-state index in [9.17, 15) is 9.59 Å². The number of methoxy groups -OCH3 is 1. The van der Waals surface area contributed by atoms with Crippen LogP contribution in [0.3, 0.4) is 0 Å². The lowest BCUT2D eigenvalue weighted by Gasteiger charge is -2.11. The number of benzene rings is 2. The molecule has 0 heterocycles. The predicted octanol–water partition coefficient (Wildman–Crippen LogP) is 2.45. The molecule has 0 fully saturated rings. The number of ether oxygens (including phenoxy) is 1. The quantitative estimate of drug-likeness (QED) is 0.852. The molecule has 0 unspecified atom stereocenters. The normalized spacial score (nSPS) is 9.61. The van der Waals surface area contributed by atoms with Crippen LogP contribution in [0.2, 0.25) is 0 Å². The number of aryl methyl sites for hydroxylation is 1. The Morgan fingerprint density at radius 2 is 1.70 bits per heavy atom. The predicted molar refractivity (Wildman–Crippen MR) is 86.1 cm³/mol. The summed E-state index contributed by atoms with van der Waals surface area (Å²) in [5.41, 5.74) is 2.25. The molecule has 0 saturated carbocycles. The number of hydrogen-bond acceptors (Lipinski definition) is 4. The van der Waals surface area contributed by atoms with Crippen molar-refractivity contribution in [3.63, 3.8) is 0 Å². The molecule has 2 aromatic carbocycles. The van der Waals surface area contributed by atoms with E-state index in [4.69, 9.17) is 10.00 Å². The second-order valence-electron chi connectivity index (χ2n) is 4.80. The summed E-state index contributed by atoms with van der Waals surface area (Å²) < 4.78 is 5.15. The molecule has 2 N–H and O–H groups in total. The molecular formula is C17H15N3O3. The average Bonchev–Trinajstić information content (AvgIpc) is 2.55. The molecular weight excluding hydrogens is 294 g/mol. The molecule has 0 atom stereocenters. The Morgan fingerprint density at radius 1 is 1.04 bits per heavy atom. The van der Waals surface area contributed by atoms with Gasteiger partial charge in [-0.25, -0.2) is 0 Å². The highest BCUT2D eigenvalue weighted by Crippen LogP contribution is 2.25. The third kappa shape index (κ3) is 4.08. The molecule has 0 aliphatic carbocycles. The molecule has 0 bridgehead atoms. The lowest BCUT2D eigenvalue weighted by molar-refractivity contribution is -0.133. The van der Waals surface area contributed by atoms with Crippen molar-refractivity contribution in [2.45, 2.75) is 6.92 Å². The number of rotatable bonds is 3. The smallest absolute Gasteiger partial charge is 0.314 e. The Hall–Kier alpha value is -3.33. The van der Waals surface area contributed by atoms with Crippen molar-refractivity contribution in [1.29, 1.82) is 5.26 Å². The molecule has 0 spiro atoms. The number of carbonyl (C=O) groups excluding carboxylic acids is 2. The van der Waals surface area contributed by atoms with Crippen molar-refractivity contribution in [3.8, 4) is 11.8 Å². The van der Waals surface area contributed by atoms with Crippen LogP contribution in [0.1, 0.15) is 11.1 Å². The van der Waals surface area contributed by atoms with E-state index in [1.807, 2.05) is 19.1 Å². The van der Waals surface area contributed by atoms with E-state index in [-0.39, 0.29) is 0 Å². The fourth-order valence-electron chi connectivity index (χ4n) is 1.91. The van der Waals surface area contributed by atoms with Crippen molar-refractivity contribution >= 4 is 23.2 Å². The molecule has 2 amide bonds. The van der Waals surface area contributed by atoms with Crippen LogP contribution in [0, 0.1) is 18.3 Å². The molecule has 116 valence electrons. The molecule has 0 radical (unpaired) electrons. The summed E-state index contributed by atoms with van der Waals surface area (Å²) >= 11 is 0. The third-order valence-electron chi connectivity index (χ3n) is 3.08. The minimum Gasteiger partial charge on any atom is -0.495 e. The van der Waals surface area contributed by atoms with Gasteiger partial charge in [-0.3, -0.25) is 9.59 Å². The fraction of sp³-hybridized carbons (Fsp3) is 0.118. The van der Waals surface area contributed by atoms with E-state index in [2.05, 4.69) is 10.6 Å². The van der Waals surface area contributed by atoms with E-state index >= 15 is 0 Å². The lowest BCUT2D eigenvalue weighted by Crippen LogP contribution is -2.29. The maximum Gasteiger partial charge on any atom is 0.314 e. The molecule has 6 heteroatoms. The molecule has 6 nitrogen and oxygen atoms in total. The highest BCUT2D eigenvalue weighted by molar-refractivity contribution is 6.43. The summed E-state index contributed by atoms with van der Waals surface area (Å²) in [6, 6.07) is 13.4. The van der Waals surface area contributed by atoms with Crippen LogP contribution in [0.25, 0.3) is 0 Å². The second-order valence-corrected chi connectivity index (χ2v) is 4.80. The third-order valence-corrected chi connectivity index (χ3v) is 3.08. The number of nitrogens with one attached hydrogen (secondary N) is 2. The molecule has 23 heavy (non-hydrogen) atoms. The maximum absolute atomic E-state index is 12.0. The van der Waals surface area contributed by atoms with Crippen molar-refractivity contribution in [1.82, 2.24) is 0 Å². The standard InChI is InChI=1S/C17H15N3O3/c1-11-3-8-15(23-2)14(9-11)20-17(22)16(21)19-13-6-4-12(10-18)5-7-13/h3-9H,1-2H3,(H,19,21)(H,20,22). The summed E-state index contributed by atoms with van der Waals surface area (Å²) in [5.74, 6) is -1.15. The van der Waals surface area contributed by atoms with Gasteiger partial charge in [0.2, 0.25) is 0 Å². The van der Waals surface area contributed by atoms with Crippen LogP contribution < -0.4 is 15.4 Å². The summed E-state index contributed by atoms with van der Waals surface area (Å²) in [4.78, 5) is 23.9. The maximum atomic E-state index is 12.0. The Balaban J connectivity index is 2.07. The van der Waals surface area contributed by atoms with Gasteiger partial charge < -0.3 is 15.4 Å². The van der Waals surface area contributed by atoms with E-state index in [0.717, 1.165) is 5.56 Å².